The predicted molar refractivity (Wildman–Crippen MR) is 50.6 cm³/mol. The van der Waals surface area contributed by atoms with E-state index in [0.717, 1.165) is 12.1 Å². The summed E-state index contributed by atoms with van der Waals surface area (Å²) in [6, 6.07) is 4.64. The lowest BCUT2D eigenvalue weighted by molar-refractivity contribution is -0.297. The molecule has 0 nitrogen and oxygen atoms in total. The largest absolute Gasteiger partial charge is 0.406 e. The van der Waals surface area contributed by atoms with Crippen LogP contribution in [-0.2, 0) is 5.41 Å². The average molecular weight is 256 g/mol. The Morgan fingerprint density at radius 2 is 1.24 bits per heavy atom. The number of hydrogen-bond acceptors (Lipinski definition) is 0. The fraction of sp³-hybridized carbons (Fsp3) is 0.455. The number of aryl methyl sites for hydroxylation is 1. The first-order chi connectivity index (χ1) is 7.52. The molecule has 0 saturated carbocycles. The summed E-state index contributed by atoms with van der Waals surface area (Å²) in [4.78, 5) is 0. The summed E-state index contributed by atoms with van der Waals surface area (Å²) in [7, 11) is 0. The van der Waals surface area contributed by atoms with Crippen LogP contribution < -0.4 is 0 Å². The van der Waals surface area contributed by atoms with Crippen molar-refractivity contribution in [2.75, 3.05) is 0 Å². The molecule has 0 amide bonds. The van der Waals surface area contributed by atoms with Gasteiger partial charge in [0.05, 0.1) is 0 Å². The first-order valence-electron chi connectivity index (χ1n) is 4.71. The summed E-state index contributed by atoms with van der Waals surface area (Å²) in [5.41, 5.74) is -4.64. The van der Waals surface area contributed by atoms with Gasteiger partial charge in [-0.15, -0.1) is 0 Å². The van der Waals surface area contributed by atoms with Crippen LogP contribution in [0, 0.1) is 6.92 Å². The quantitative estimate of drug-likeness (QED) is 0.654. The highest BCUT2D eigenvalue weighted by molar-refractivity contribution is 5.36. The maximum Gasteiger partial charge on any atom is 0.406 e. The smallest absolute Gasteiger partial charge is 0.170 e. The third-order valence-electron chi connectivity index (χ3n) is 2.82. The van der Waals surface area contributed by atoms with E-state index in [-0.39, 0.29) is 12.5 Å². The average Bonchev–Trinajstić information content (AvgIpc) is 2.13. The Bertz CT molecular complexity index is 387. The first kappa shape index (κ1) is 13.9. The predicted octanol–water partition coefficient (Wildman–Crippen LogP) is 4.38. The minimum absolute atomic E-state index is 0.0374. The Kier molecular flexibility index (Phi) is 3.20. The van der Waals surface area contributed by atoms with Crippen molar-refractivity contribution >= 4 is 0 Å². The molecule has 1 aromatic rings. The monoisotopic (exact) mass is 256 g/mol. The van der Waals surface area contributed by atoms with Crippen LogP contribution >= 0.6 is 0 Å². The van der Waals surface area contributed by atoms with Gasteiger partial charge in [0, 0.05) is 0 Å². The van der Waals surface area contributed by atoms with E-state index in [1.54, 1.807) is 0 Å². The maximum atomic E-state index is 12.7. The zero-order chi connectivity index (χ0) is 13.5. The molecule has 0 radical (unpaired) electrons. The molecule has 0 aliphatic heterocycles. The van der Waals surface area contributed by atoms with E-state index in [1.165, 1.54) is 19.1 Å². The molecule has 96 valence electrons. The molecular formula is C11H10F6. The molecule has 0 aliphatic rings. The second-order valence-electron chi connectivity index (χ2n) is 3.94. The van der Waals surface area contributed by atoms with Crippen LogP contribution in [0.2, 0.25) is 0 Å². The van der Waals surface area contributed by atoms with E-state index in [2.05, 4.69) is 0 Å². The zero-order valence-electron chi connectivity index (χ0n) is 9.08. The second-order valence-corrected chi connectivity index (χ2v) is 3.94. The minimum atomic E-state index is -5.39. The van der Waals surface area contributed by atoms with E-state index in [0.29, 0.717) is 0 Å². The van der Waals surface area contributed by atoms with Gasteiger partial charge in [-0.25, -0.2) is 0 Å². The molecule has 0 unspecified atom stereocenters. The van der Waals surface area contributed by atoms with Crippen LogP contribution in [0.15, 0.2) is 24.3 Å². The third-order valence-corrected chi connectivity index (χ3v) is 2.82. The standard InChI is InChI=1S/C11H10F6/c1-7-5-3-4-6-8(7)9(2,10(12,13)14)11(15,16)17/h3-6H,1-2H3. The van der Waals surface area contributed by atoms with E-state index in [1.807, 2.05) is 0 Å². The van der Waals surface area contributed by atoms with Crippen LogP contribution in [0.4, 0.5) is 26.3 Å². The van der Waals surface area contributed by atoms with Gasteiger partial charge in [-0.2, -0.15) is 26.3 Å². The summed E-state index contributed by atoms with van der Waals surface area (Å²) >= 11 is 0. The minimum Gasteiger partial charge on any atom is -0.170 e. The Hall–Kier alpha value is -1.20. The molecule has 0 heterocycles. The molecule has 1 rings (SSSR count). The molecule has 0 aliphatic carbocycles. The van der Waals surface area contributed by atoms with Crippen molar-refractivity contribution < 1.29 is 26.3 Å². The molecule has 0 spiro atoms. The van der Waals surface area contributed by atoms with Crippen molar-refractivity contribution in [2.24, 2.45) is 0 Å². The van der Waals surface area contributed by atoms with Gasteiger partial charge in [-0.3, -0.25) is 0 Å². The van der Waals surface area contributed by atoms with Crippen LogP contribution in [-0.4, -0.2) is 12.4 Å². The highest BCUT2D eigenvalue weighted by Gasteiger charge is 2.68. The highest BCUT2D eigenvalue weighted by Crippen LogP contribution is 2.52. The zero-order valence-corrected chi connectivity index (χ0v) is 9.08. The molecule has 0 bridgehead atoms. The molecule has 0 saturated heterocycles. The van der Waals surface area contributed by atoms with Gasteiger partial charge in [-0.1, -0.05) is 24.3 Å². The van der Waals surface area contributed by atoms with Crippen molar-refractivity contribution in [1.82, 2.24) is 0 Å². The molecule has 0 aromatic heterocycles. The van der Waals surface area contributed by atoms with E-state index in [4.69, 9.17) is 0 Å². The van der Waals surface area contributed by atoms with Gasteiger partial charge in [0.2, 0.25) is 0 Å². The molecule has 0 fully saturated rings. The van der Waals surface area contributed by atoms with Gasteiger partial charge in [0.25, 0.3) is 0 Å². The molecule has 1 aromatic carbocycles. The van der Waals surface area contributed by atoms with Crippen molar-refractivity contribution in [2.45, 2.75) is 31.6 Å². The summed E-state index contributed by atoms with van der Waals surface area (Å²) < 4.78 is 76.5. The SMILES string of the molecule is Cc1ccccc1C(C)(C(F)(F)F)C(F)(F)F. The normalized spacial score (nSPS) is 13.9. The number of alkyl halides is 6. The summed E-state index contributed by atoms with van der Waals surface area (Å²) in [5, 5.41) is 0. The number of benzene rings is 1. The number of hydrogen-bond donors (Lipinski definition) is 0. The lowest BCUT2D eigenvalue weighted by atomic mass is 9.78. The summed E-state index contributed by atoms with van der Waals surface area (Å²) in [6.45, 7) is 1.39. The summed E-state index contributed by atoms with van der Waals surface area (Å²) in [5.74, 6) is 0. The van der Waals surface area contributed by atoms with E-state index < -0.39 is 23.3 Å². The number of rotatable bonds is 1. The maximum absolute atomic E-state index is 12.7. The first-order valence-corrected chi connectivity index (χ1v) is 4.71. The van der Waals surface area contributed by atoms with Crippen LogP contribution in [0.25, 0.3) is 0 Å². The number of halogens is 6. The van der Waals surface area contributed by atoms with Crippen LogP contribution in [0.1, 0.15) is 18.1 Å². The van der Waals surface area contributed by atoms with Gasteiger partial charge >= 0.3 is 12.4 Å². The van der Waals surface area contributed by atoms with Crippen LogP contribution in [0.3, 0.4) is 0 Å². The Labute approximate surface area is 94.2 Å². The Morgan fingerprint density at radius 3 is 1.59 bits per heavy atom. The Balaban J connectivity index is 3.53. The molecule has 0 atom stereocenters. The van der Waals surface area contributed by atoms with Crippen molar-refractivity contribution in [3.8, 4) is 0 Å². The van der Waals surface area contributed by atoms with Crippen LogP contribution in [0.5, 0.6) is 0 Å². The molecule has 0 N–H and O–H groups in total. The molecule has 17 heavy (non-hydrogen) atoms. The second kappa shape index (κ2) is 3.92. The lowest BCUT2D eigenvalue weighted by Crippen LogP contribution is -2.51. The fourth-order valence-corrected chi connectivity index (χ4v) is 1.60. The summed E-state index contributed by atoms with van der Waals surface area (Å²) in [6.07, 6.45) is -10.8. The lowest BCUT2D eigenvalue weighted by Gasteiger charge is -2.35. The Morgan fingerprint density at radius 1 is 0.824 bits per heavy atom. The van der Waals surface area contributed by atoms with E-state index >= 15 is 0 Å². The van der Waals surface area contributed by atoms with Gasteiger partial charge in [0.1, 0.15) is 0 Å². The van der Waals surface area contributed by atoms with Crippen molar-refractivity contribution in [3.05, 3.63) is 35.4 Å². The highest BCUT2D eigenvalue weighted by atomic mass is 19.4. The van der Waals surface area contributed by atoms with E-state index in [9.17, 15) is 26.3 Å². The molecular weight excluding hydrogens is 246 g/mol. The van der Waals surface area contributed by atoms with Gasteiger partial charge < -0.3 is 0 Å². The van der Waals surface area contributed by atoms with Crippen molar-refractivity contribution in [1.29, 1.82) is 0 Å². The topological polar surface area (TPSA) is 0 Å². The molecule has 6 heteroatoms. The fourth-order valence-electron chi connectivity index (χ4n) is 1.60. The van der Waals surface area contributed by atoms with Gasteiger partial charge in [0.15, 0.2) is 5.41 Å². The van der Waals surface area contributed by atoms with Gasteiger partial charge in [-0.05, 0) is 25.0 Å². The van der Waals surface area contributed by atoms with Crippen molar-refractivity contribution in [3.63, 3.8) is 0 Å². The third kappa shape index (κ3) is 2.12.